The van der Waals surface area contributed by atoms with Crippen molar-refractivity contribution in [2.45, 2.75) is 11.3 Å². The Morgan fingerprint density at radius 1 is 1.33 bits per heavy atom. The number of rotatable bonds is 6. The van der Waals surface area contributed by atoms with Crippen molar-refractivity contribution in [3.63, 3.8) is 0 Å². The van der Waals surface area contributed by atoms with Gasteiger partial charge in [0, 0.05) is 11.0 Å². The third kappa shape index (κ3) is 5.42. The molecule has 0 saturated carbocycles. The third-order valence-electron chi connectivity index (χ3n) is 2.08. The van der Waals surface area contributed by atoms with Gasteiger partial charge in [0.05, 0.1) is 5.02 Å². The van der Waals surface area contributed by atoms with Gasteiger partial charge >= 0.3 is 0 Å². The normalized spacial score (nSPS) is 11.1. The molecule has 0 bridgehead atoms. The van der Waals surface area contributed by atoms with Crippen LogP contribution in [0.3, 0.4) is 0 Å². The Balaban J connectivity index is 0.00000289. The van der Waals surface area contributed by atoms with Crippen molar-refractivity contribution in [3.8, 4) is 0 Å². The molecular formula is C10H15BrCl2N2O2S. The Kier molecular flexibility index (Phi) is 8.42. The molecule has 0 fully saturated rings. The van der Waals surface area contributed by atoms with Crippen LogP contribution in [0.5, 0.6) is 0 Å². The molecule has 0 atom stereocenters. The second-order valence-corrected chi connectivity index (χ2v) is 6.49. The van der Waals surface area contributed by atoms with Gasteiger partial charge in [0.2, 0.25) is 10.0 Å². The van der Waals surface area contributed by atoms with Crippen LogP contribution in [0.15, 0.2) is 27.6 Å². The van der Waals surface area contributed by atoms with Crippen LogP contribution in [0.2, 0.25) is 5.02 Å². The summed E-state index contributed by atoms with van der Waals surface area (Å²) < 4.78 is 27.0. The van der Waals surface area contributed by atoms with E-state index in [4.69, 9.17) is 11.6 Å². The number of halogens is 3. The summed E-state index contributed by atoms with van der Waals surface area (Å²) in [5.74, 6) is 0. The van der Waals surface area contributed by atoms with Gasteiger partial charge in [0.1, 0.15) is 4.90 Å². The van der Waals surface area contributed by atoms with Crippen LogP contribution >= 0.6 is 39.9 Å². The highest BCUT2D eigenvalue weighted by molar-refractivity contribution is 9.10. The predicted octanol–water partition coefficient (Wildman–Crippen LogP) is 2.41. The number of hydrogen-bond donors (Lipinski definition) is 2. The van der Waals surface area contributed by atoms with Crippen LogP contribution < -0.4 is 10.0 Å². The number of benzene rings is 1. The Morgan fingerprint density at radius 2 is 2.00 bits per heavy atom. The Hall–Kier alpha value is 0.150. The standard InChI is InChI=1S/C10H14BrClN2O2S.ClH/c1-13-5-2-6-14-17(15,16)10-4-3-8(11)7-9(10)12;/h3-4,7,13-14H,2,5-6H2,1H3;1H. The van der Waals surface area contributed by atoms with Crippen molar-refractivity contribution in [2.24, 2.45) is 0 Å². The summed E-state index contributed by atoms with van der Waals surface area (Å²) in [7, 11) is -1.70. The molecule has 1 aromatic rings. The molecule has 4 nitrogen and oxygen atoms in total. The fourth-order valence-corrected chi connectivity index (χ4v) is 3.35. The molecule has 8 heteroatoms. The summed E-state index contributed by atoms with van der Waals surface area (Å²) in [6, 6.07) is 4.69. The van der Waals surface area contributed by atoms with Crippen molar-refractivity contribution >= 4 is 50.0 Å². The maximum absolute atomic E-state index is 11.9. The average Bonchev–Trinajstić information content (AvgIpc) is 2.24. The van der Waals surface area contributed by atoms with Gasteiger partial charge in [-0.15, -0.1) is 12.4 Å². The van der Waals surface area contributed by atoms with Crippen molar-refractivity contribution < 1.29 is 8.42 Å². The fraction of sp³-hybridized carbons (Fsp3) is 0.400. The lowest BCUT2D eigenvalue weighted by Gasteiger charge is -2.08. The smallest absolute Gasteiger partial charge is 0.242 e. The zero-order valence-corrected chi connectivity index (χ0v) is 13.7. The van der Waals surface area contributed by atoms with Gasteiger partial charge in [-0.25, -0.2) is 13.1 Å². The first kappa shape index (κ1) is 18.1. The van der Waals surface area contributed by atoms with Crippen molar-refractivity contribution in [3.05, 3.63) is 27.7 Å². The molecule has 1 aromatic carbocycles. The highest BCUT2D eigenvalue weighted by atomic mass is 79.9. The van der Waals surface area contributed by atoms with E-state index in [-0.39, 0.29) is 22.3 Å². The predicted molar refractivity (Wildman–Crippen MR) is 80.1 cm³/mol. The van der Waals surface area contributed by atoms with E-state index in [0.29, 0.717) is 6.54 Å². The number of nitrogens with one attached hydrogen (secondary N) is 2. The van der Waals surface area contributed by atoms with Gasteiger partial charge in [0.25, 0.3) is 0 Å². The highest BCUT2D eigenvalue weighted by Crippen LogP contribution is 2.24. The maximum atomic E-state index is 11.9. The second kappa shape index (κ2) is 8.35. The third-order valence-corrected chi connectivity index (χ3v) is 4.52. The lowest BCUT2D eigenvalue weighted by molar-refractivity contribution is 0.577. The molecule has 0 aromatic heterocycles. The minimum absolute atomic E-state index is 0. The molecule has 2 N–H and O–H groups in total. The molecule has 0 aliphatic heterocycles. The van der Waals surface area contributed by atoms with Crippen LogP contribution in [0.1, 0.15) is 6.42 Å². The van der Waals surface area contributed by atoms with Gasteiger partial charge < -0.3 is 5.32 Å². The molecule has 0 amide bonds. The van der Waals surface area contributed by atoms with E-state index >= 15 is 0 Å². The summed E-state index contributed by atoms with van der Waals surface area (Å²) in [5.41, 5.74) is 0. The number of sulfonamides is 1. The molecule has 104 valence electrons. The van der Waals surface area contributed by atoms with E-state index in [2.05, 4.69) is 26.0 Å². The molecule has 0 unspecified atom stereocenters. The molecule has 0 spiro atoms. The van der Waals surface area contributed by atoms with Crippen LogP contribution in [0.25, 0.3) is 0 Å². The van der Waals surface area contributed by atoms with E-state index < -0.39 is 10.0 Å². The fourth-order valence-electron chi connectivity index (χ4n) is 1.24. The SMILES string of the molecule is CNCCCNS(=O)(=O)c1ccc(Br)cc1Cl.Cl. The first-order valence-corrected chi connectivity index (χ1v) is 7.72. The summed E-state index contributed by atoms with van der Waals surface area (Å²) in [6.07, 6.45) is 0.726. The maximum Gasteiger partial charge on any atom is 0.242 e. The van der Waals surface area contributed by atoms with Crippen LogP contribution in [0, 0.1) is 0 Å². The lowest BCUT2D eigenvalue weighted by atomic mass is 10.4. The van der Waals surface area contributed by atoms with Gasteiger partial charge in [-0.1, -0.05) is 27.5 Å². The monoisotopic (exact) mass is 376 g/mol. The van der Waals surface area contributed by atoms with E-state index in [9.17, 15) is 8.42 Å². The molecular weight excluding hydrogens is 363 g/mol. The molecule has 0 radical (unpaired) electrons. The quantitative estimate of drug-likeness (QED) is 0.748. The molecule has 1 rings (SSSR count). The van der Waals surface area contributed by atoms with Gasteiger partial charge in [-0.05, 0) is 38.2 Å². The van der Waals surface area contributed by atoms with E-state index in [1.807, 2.05) is 7.05 Å². The lowest BCUT2D eigenvalue weighted by Crippen LogP contribution is -2.27. The summed E-state index contributed by atoms with van der Waals surface area (Å²) in [5, 5.41) is 3.15. The minimum Gasteiger partial charge on any atom is -0.320 e. The largest absolute Gasteiger partial charge is 0.320 e. The molecule has 0 saturated heterocycles. The van der Waals surface area contributed by atoms with Crippen molar-refractivity contribution in [1.82, 2.24) is 10.0 Å². The Morgan fingerprint density at radius 3 is 2.56 bits per heavy atom. The summed E-state index contributed by atoms with van der Waals surface area (Å²) in [4.78, 5) is 0.104. The minimum atomic E-state index is -3.52. The molecule has 0 aliphatic rings. The first-order valence-electron chi connectivity index (χ1n) is 5.06. The van der Waals surface area contributed by atoms with Crippen LogP contribution in [-0.4, -0.2) is 28.6 Å². The van der Waals surface area contributed by atoms with Crippen LogP contribution in [0.4, 0.5) is 0 Å². The van der Waals surface area contributed by atoms with E-state index in [0.717, 1.165) is 17.4 Å². The zero-order valence-electron chi connectivity index (χ0n) is 9.74. The molecule has 0 aliphatic carbocycles. The molecule has 18 heavy (non-hydrogen) atoms. The van der Waals surface area contributed by atoms with Gasteiger partial charge in [-0.3, -0.25) is 0 Å². The average molecular weight is 378 g/mol. The summed E-state index contributed by atoms with van der Waals surface area (Å²) in [6.45, 7) is 1.14. The van der Waals surface area contributed by atoms with Gasteiger partial charge in [-0.2, -0.15) is 0 Å². The Bertz CT molecular complexity index is 483. The topological polar surface area (TPSA) is 58.2 Å². The molecule has 0 heterocycles. The zero-order chi connectivity index (χ0) is 12.9. The Labute approximate surface area is 127 Å². The van der Waals surface area contributed by atoms with Gasteiger partial charge in [0.15, 0.2) is 0 Å². The second-order valence-electron chi connectivity index (χ2n) is 3.43. The van der Waals surface area contributed by atoms with E-state index in [1.165, 1.54) is 6.07 Å². The summed E-state index contributed by atoms with van der Waals surface area (Å²) >= 11 is 9.12. The van der Waals surface area contributed by atoms with Crippen LogP contribution in [-0.2, 0) is 10.0 Å². The van der Waals surface area contributed by atoms with Crippen molar-refractivity contribution in [2.75, 3.05) is 20.1 Å². The van der Waals surface area contributed by atoms with E-state index in [1.54, 1.807) is 12.1 Å². The highest BCUT2D eigenvalue weighted by Gasteiger charge is 2.16. The van der Waals surface area contributed by atoms with Crippen molar-refractivity contribution in [1.29, 1.82) is 0 Å². The number of hydrogen-bond acceptors (Lipinski definition) is 3. The first-order chi connectivity index (χ1) is 7.97.